The molecule has 5 rings (SSSR count). The Labute approximate surface area is 197 Å². The van der Waals surface area contributed by atoms with E-state index in [9.17, 15) is 4.79 Å². The summed E-state index contributed by atoms with van der Waals surface area (Å²) in [5.74, 6) is 0.590. The van der Waals surface area contributed by atoms with Crippen LogP contribution in [0.25, 0.3) is 11.1 Å². The lowest BCUT2D eigenvalue weighted by Gasteiger charge is -2.32. The molecule has 1 saturated heterocycles. The lowest BCUT2D eigenvalue weighted by Crippen LogP contribution is -2.44. The number of hydroxylamine groups is 1. The van der Waals surface area contributed by atoms with Gasteiger partial charge in [0.15, 0.2) is 0 Å². The number of carbonyl (C=O) groups is 1. The van der Waals surface area contributed by atoms with Crippen LogP contribution in [0.15, 0.2) is 60.9 Å². The van der Waals surface area contributed by atoms with E-state index in [-0.39, 0.29) is 5.56 Å². The van der Waals surface area contributed by atoms with E-state index < -0.39 is 5.91 Å². The molecule has 1 saturated carbocycles. The van der Waals surface area contributed by atoms with E-state index in [1.54, 1.807) is 5.48 Å². The van der Waals surface area contributed by atoms with Crippen LogP contribution in [-0.4, -0.2) is 46.3 Å². The van der Waals surface area contributed by atoms with Gasteiger partial charge in [-0.05, 0) is 48.1 Å². The summed E-state index contributed by atoms with van der Waals surface area (Å²) >= 11 is 5.99. The molecule has 1 amide bonds. The Hall–Kier alpha value is -3.00. The summed E-state index contributed by atoms with van der Waals surface area (Å²) in [4.78, 5) is 22.1. The third kappa shape index (κ3) is 5.00. The van der Waals surface area contributed by atoms with E-state index in [2.05, 4.69) is 56.6 Å². The minimum Gasteiger partial charge on any atom is -0.341 e. The Balaban J connectivity index is 1.11. The molecule has 33 heavy (non-hydrogen) atoms. The van der Waals surface area contributed by atoms with Gasteiger partial charge in [0.05, 0.1) is 5.56 Å². The van der Waals surface area contributed by atoms with Crippen LogP contribution in [0.4, 0.5) is 5.95 Å². The molecule has 1 aromatic heterocycles. The third-order valence-electron chi connectivity index (χ3n) is 6.54. The summed E-state index contributed by atoms with van der Waals surface area (Å²) in [5, 5.41) is 13.3. The zero-order chi connectivity index (χ0) is 22.8. The van der Waals surface area contributed by atoms with Crippen molar-refractivity contribution in [3.8, 4) is 11.1 Å². The first kappa shape index (κ1) is 21.8. The van der Waals surface area contributed by atoms with Gasteiger partial charge >= 0.3 is 0 Å². The molecule has 2 aromatic carbocycles. The molecule has 2 heterocycles. The van der Waals surface area contributed by atoms with Crippen molar-refractivity contribution in [2.75, 3.05) is 18.0 Å². The molecule has 2 aliphatic rings. The van der Waals surface area contributed by atoms with Crippen LogP contribution in [0.5, 0.6) is 0 Å². The number of nitrogens with one attached hydrogen (secondary N) is 2. The van der Waals surface area contributed by atoms with Crippen LogP contribution in [0.1, 0.15) is 41.1 Å². The molecule has 1 aliphatic carbocycles. The maximum atomic E-state index is 11.4. The average Bonchev–Trinajstić information content (AvgIpc) is 3.64. The van der Waals surface area contributed by atoms with Crippen LogP contribution >= 0.6 is 11.6 Å². The smallest absolute Gasteiger partial charge is 0.277 e. The topological polar surface area (TPSA) is 90.4 Å². The van der Waals surface area contributed by atoms with Crippen LogP contribution in [0.2, 0.25) is 5.02 Å². The van der Waals surface area contributed by atoms with Crippen molar-refractivity contribution in [3.05, 3.63) is 77.1 Å². The maximum Gasteiger partial charge on any atom is 0.277 e. The Morgan fingerprint density at radius 3 is 2.18 bits per heavy atom. The monoisotopic (exact) mass is 463 g/mol. The van der Waals surface area contributed by atoms with Gasteiger partial charge in [0, 0.05) is 48.5 Å². The number of piperidine rings is 1. The fourth-order valence-electron chi connectivity index (χ4n) is 4.53. The Bertz CT molecular complexity index is 1100. The number of nitrogens with zero attached hydrogens (tertiary/aromatic N) is 3. The molecular weight excluding hydrogens is 438 g/mol. The zero-order valence-corrected chi connectivity index (χ0v) is 18.9. The zero-order valence-electron chi connectivity index (χ0n) is 18.1. The van der Waals surface area contributed by atoms with Gasteiger partial charge in [-0.2, -0.15) is 0 Å². The number of halogens is 1. The van der Waals surface area contributed by atoms with Crippen molar-refractivity contribution < 1.29 is 10.0 Å². The summed E-state index contributed by atoms with van der Waals surface area (Å²) in [5.41, 5.74) is 5.61. The van der Waals surface area contributed by atoms with Crippen molar-refractivity contribution in [2.45, 2.75) is 37.3 Å². The number of benzene rings is 2. The van der Waals surface area contributed by atoms with Gasteiger partial charge < -0.3 is 10.2 Å². The number of hydrogen-bond acceptors (Lipinski definition) is 6. The molecule has 0 radical (unpaired) electrons. The summed E-state index contributed by atoms with van der Waals surface area (Å²) < 4.78 is 0. The van der Waals surface area contributed by atoms with E-state index in [0.29, 0.717) is 23.9 Å². The number of rotatable bonds is 6. The summed E-state index contributed by atoms with van der Waals surface area (Å²) in [7, 11) is 0. The predicted molar refractivity (Wildman–Crippen MR) is 128 cm³/mol. The van der Waals surface area contributed by atoms with Gasteiger partial charge in [-0.3, -0.25) is 10.0 Å². The standard InChI is InChI=1S/C25H26ClN5O2/c26-20-7-5-17(6-8-20)16-1-3-18(4-2-16)22-13-23(22)29-21-9-11-31(12-10-21)25-27-14-19(15-28-25)24(32)30-33/h1-8,14-15,21-23,29,33H,9-13H2,(H,30,32). The first-order valence-corrected chi connectivity index (χ1v) is 11.6. The first-order chi connectivity index (χ1) is 16.1. The summed E-state index contributed by atoms with van der Waals surface area (Å²) in [6, 6.07) is 17.9. The van der Waals surface area contributed by atoms with Gasteiger partial charge in [0.1, 0.15) is 0 Å². The van der Waals surface area contributed by atoms with Crippen molar-refractivity contribution >= 4 is 23.5 Å². The highest BCUT2D eigenvalue weighted by atomic mass is 35.5. The molecule has 3 N–H and O–H groups in total. The lowest BCUT2D eigenvalue weighted by atomic mass is 10.0. The van der Waals surface area contributed by atoms with E-state index in [1.165, 1.54) is 35.5 Å². The lowest BCUT2D eigenvalue weighted by molar-refractivity contribution is 0.0705. The second-order valence-electron chi connectivity index (χ2n) is 8.72. The van der Waals surface area contributed by atoms with Crippen LogP contribution in [0.3, 0.4) is 0 Å². The Morgan fingerprint density at radius 1 is 0.970 bits per heavy atom. The van der Waals surface area contributed by atoms with Crippen LogP contribution < -0.4 is 15.7 Å². The number of amides is 1. The van der Waals surface area contributed by atoms with E-state index in [0.717, 1.165) is 31.0 Å². The first-order valence-electron chi connectivity index (χ1n) is 11.2. The van der Waals surface area contributed by atoms with Crippen molar-refractivity contribution in [1.29, 1.82) is 0 Å². The fraction of sp³-hybridized carbons (Fsp3) is 0.320. The minimum absolute atomic E-state index is 0.235. The SMILES string of the molecule is O=C(NO)c1cnc(N2CCC(NC3CC3c3ccc(-c4ccc(Cl)cc4)cc3)CC2)nc1. The summed E-state index contributed by atoms with van der Waals surface area (Å²) in [6.07, 6.45) is 6.11. The van der Waals surface area contributed by atoms with Crippen LogP contribution in [-0.2, 0) is 0 Å². The third-order valence-corrected chi connectivity index (χ3v) is 6.79. The summed E-state index contributed by atoms with van der Waals surface area (Å²) in [6.45, 7) is 1.74. The van der Waals surface area contributed by atoms with Gasteiger partial charge in [0.25, 0.3) is 5.91 Å². The van der Waals surface area contributed by atoms with E-state index >= 15 is 0 Å². The van der Waals surface area contributed by atoms with Crippen LogP contribution in [0, 0.1) is 0 Å². The molecule has 2 fully saturated rings. The molecule has 8 heteroatoms. The molecule has 2 unspecified atom stereocenters. The predicted octanol–water partition coefficient (Wildman–Crippen LogP) is 4.03. The molecule has 7 nitrogen and oxygen atoms in total. The average molecular weight is 464 g/mol. The van der Waals surface area contributed by atoms with Crippen molar-refractivity contribution in [3.63, 3.8) is 0 Å². The highest BCUT2D eigenvalue weighted by Gasteiger charge is 2.39. The number of aromatic nitrogens is 2. The van der Waals surface area contributed by atoms with Crippen molar-refractivity contribution in [2.24, 2.45) is 0 Å². The van der Waals surface area contributed by atoms with E-state index in [4.69, 9.17) is 16.8 Å². The number of hydrogen-bond donors (Lipinski definition) is 3. The Morgan fingerprint density at radius 2 is 1.58 bits per heavy atom. The van der Waals surface area contributed by atoms with E-state index in [1.807, 2.05) is 12.1 Å². The fourth-order valence-corrected chi connectivity index (χ4v) is 4.65. The molecule has 170 valence electrons. The quantitative estimate of drug-likeness (QED) is 0.377. The number of anilines is 1. The Kier molecular flexibility index (Phi) is 6.26. The van der Waals surface area contributed by atoms with Gasteiger partial charge in [-0.25, -0.2) is 15.4 Å². The second kappa shape index (κ2) is 9.47. The van der Waals surface area contributed by atoms with Gasteiger partial charge in [-0.1, -0.05) is 48.0 Å². The number of carbonyl (C=O) groups excluding carboxylic acids is 1. The van der Waals surface area contributed by atoms with Crippen molar-refractivity contribution in [1.82, 2.24) is 20.8 Å². The highest BCUT2D eigenvalue weighted by Crippen LogP contribution is 2.42. The molecule has 1 aliphatic heterocycles. The maximum absolute atomic E-state index is 11.4. The van der Waals surface area contributed by atoms with Gasteiger partial charge in [0.2, 0.25) is 5.95 Å². The minimum atomic E-state index is -0.608. The molecular formula is C25H26ClN5O2. The molecule has 2 atom stereocenters. The highest BCUT2D eigenvalue weighted by molar-refractivity contribution is 6.30. The normalized spacial score (nSPS) is 20.5. The molecule has 0 bridgehead atoms. The molecule has 3 aromatic rings. The van der Waals surface area contributed by atoms with Gasteiger partial charge in [-0.15, -0.1) is 0 Å². The molecule has 0 spiro atoms. The largest absolute Gasteiger partial charge is 0.341 e. The second-order valence-corrected chi connectivity index (χ2v) is 9.15.